The molecule has 6 heteroatoms. The number of carbonyl (C=O) groups is 2. The summed E-state index contributed by atoms with van der Waals surface area (Å²) < 4.78 is 13.7. The van der Waals surface area contributed by atoms with E-state index < -0.39 is 11.7 Å². The summed E-state index contributed by atoms with van der Waals surface area (Å²) >= 11 is 1.42. The van der Waals surface area contributed by atoms with Gasteiger partial charge in [-0.25, -0.2) is 4.39 Å². The number of carbonyl (C=O) groups excluding carboxylic acids is 2. The maximum atomic E-state index is 13.7. The smallest absolute Gasteiger partial charge is 0.258 e. The molecule has 0 saturated carbocycles. The van der Waals surface area contributed by atoms with Crippen LogP contribution < -0.4 is 10.6 Å². The largest absolute Gasteiger partial charge is 0.325 e. The standard InChI is InChI=1S/C24H23FN2O2S/c1-15-8-9-16(2)22(14-15)27-23(28)17(3)30-19-12-10-18(11-13-19)26-24(29)20-6-4-5-7-21(20)25/h4-14,17H,1-3H3,(H,26,29)(H,27,28). The molecule has 1 atom stereocenters. The molecule has 0 radical (unpaired) electrons. The Morgan fingerprint density at radius 3 is 2.33 bits per heavy atom. The molecular formula is C24H23FN2O2S. The summed E-state index contributed by atoms with van der Waals surface area (Å²) in [7, 11) is 0. The average molecular weight is 423 g/mol. The Kier molecular flexibility index (Phi) is 6.90. The minimum absolute atomic E-state index is 0.00677. The van der Waals surface area contributed by atoms with Gasteiger partial charge in [0.15, 0.2) is 0 Å². The molecule has 0 bridgehead atoms. The molecule has 0 aliphatic heterocycles. The first-order chi connectivity index (χ1) is 14.3. The third-order valence-electron chi connectivity index (χ3n) is 4.56. The van der Waals surface area contributed by atoms with Gasteiger partial charge in [0.05, 0.1) is 10.8 Å². The van der Waals surface area contributed by atoms with Crippen LogP contribution >= 0.6 is 11.8 Å². The van der Waals surface area contributed by atoms with Crippen LogP contribution in [-0.2, 0) is 4.79 Å². The normalized spacial score (nSPS) is 11.6. The highest BCUT2D eigenvalue weighted by Crippen LogP contribution is 2.26. The maximum Gasteiger partial charge on any atom is 0.258 e. The molecule has 0 fully saturated rings. The molecule has 0 aliphatic carbocycles. The van der Waals surface area contributed by atoms with Gasteiger partial charge in [0.2, 0.25) is 5.91 Å². The molecule has 2 amide bonds. The molecule has 0 aliphatic rings. The van der Waals surface area contributed by atoms with Crippen molar-refractivity contribution in [1.29, 1.82) is 0 Å². The Hall–Kier alpha value is -3.12. The average Bonchev–Trinajstić information content (AvgIpc) is 2.72. The van der Waals surface area contributed by atoms with E-state index in [2.05, 4.69) is 10.6 Å². The summed E-state index contributed by atoms with van der Waals surface area (Å²) in [6, 6.07) is 18.9. The Morgan fingerprint density at radius 2 is 1.63 bits per heavy atom. The van der Waals surface area contributed by atoms with Gasteiger partial charge < -0.3 is 10.6 Å². The zero-order valence-corrected chi connectivity index (χ0v) is 17.8. The first-order valence-electron chi connectivity index (χ1n) is 9.54. The number of rotatable bonds is 6. The van der Waals surface area contributed by atoms with Crippen molar-refractivity contribution in [2.45, 2.75) is 30.9 Å². The van der Waals surface area contributed by atoms with Gasteiger partial charge in [0, 0.05) is 16.3 Å². The van der Waals surface area contributed by atoms with E-state index in [-0.39, 0.29) is 16.7 Å². The maximum absolute atomic E-state index is 13.7. The van der Waals surface area contributed by atoms with Crippen molar-refractivity contribution in [3.63, 3.8) is 0 Å². The Labute approximate surface area is 179 Å². The molecule has 0 aromatic heterocycles. The molecule has 30 heavy (non-hydrogen) atoms. The highest BCUT2D eigenvalue weighted by atomic mass is 32.2. The summed E-state index contributed by atoms with van der Waals surface area (Å²) in [5.41, 5.74) is 3.47. The van der Waals surface area contributed by atoms with Crippen LogP contribution in [0.5, 0.6) is 0 Å². The summed E-state index contributed by atoms with van der Waals surface area (Å²) in [6.45, 7) is 5.79. The molecule has 0 saturated heterocycles. The fraction of sp³-hybridized carbons (Fsp3) is 0.167. The summed E-state index contributed by atoms with van der Waals surface area (Å²) in [5, 5.41) is 5.36. The lowest BCUT2D eigenvalue weighted by atomic mass is 10.1. The van der Waals surface area contributed by atoms with E-state index in [0.717, 1.165) is 21.7 Å². The number of halogens is 1. The number of hydrogen-bond acceptors (Lipinski definition) is 3. The molecule has 0 spiro atoms. The molecule has 3 aromatic carbocycles. The van der Waals surface area contributed by atoms with Crippen molar-refractivity contribution in [3.8, 4) is 0 Å². The van der Waals surface area contributed by atoms with Gasteiger partial charge in [-0.15, -0.1) is 11.8 Å². The van der Waals surface area contributed by atoms with Gasteiger partial charge >= 0.3 is 0 Å². The van der Waals surface area contributed by atoms with Gasteiger partial charge in [-0.1, -0.05) is 24.3 Å². The Balaban J connectivity index is 1.59. The number of thioether (sulfide) groups is 1. The number of benzene rings is 3. The summed E-state index contributed by atoms with van der Waals surface area (Å²) in [5.74, 6) is -1.15. The van der Waals surface area contributed by atoms with Gasteiger partial charge in [0.1, 0.15) is 5.82 Å². The van der Waals surface area contributed by atoms with Gasteiger partial charge in [0.25, 0.3) is 5.91 Å². The van der Waals surface area contributed by atoms with Crippen LogP contribution in [-0.4, -0.2) is 17.1 Å². The second-order valence-electron chi connectivity index (χ2n) is 7.03. The van der Waals surface area contributed by atoms with Crippen LogP contribution in [0.1, 0.15) is 28.4 Å². The number of hydrogen-bond donors (Lipinski definition) is 2. The topological polar surface area (TPSA) is 58.2 Å². The molecule has 154 valence electrons. The monoisotopic (exact) mass is 422 g/mol. The van der Waals surface area contributed by atoms with Gasteiger partial charge in [-0.2, -0.15) is 0 Å². The van der Waals surface area contributed by atoms with Crippen LogP contribution in [0.25, 0.3) is 0 Å². The first-order valence-corrected chi connectivity index (χ1v) is 10.4. The second-order valence-corrected chi connectivity index (χ2v) is 8.44. The molecular weight excluding hydrogens is 399 g/mol. The molecule has 3 aromatic rings. The lowest BCUT2D eigenvalue weighted by molar-refractivity contribution is -0.115. The van der Waals surface area contributed by atoms with Crippen molar-refractivity contribution in [2.75, 3.05) is 10.6 Å². The minimum Gasteiger partial charge on any atom is -0.325 e. The minimum atomic E-state index is -0.564. The molecule has 1 unspecified atom stereocenters. The molecule has 0 heterocycles. The number of anilines is 2. The van der Waals surface area contributed by atoms with E-state index in [4.69, 9.17) is 0 Å². The van der Waals surface area contributed by atoms with Crippen LogP contribution in [0.4, 0.5) is 15.8 Å². The first kappa shape index (κ1) is 21.6. The zero-order chi connectivity index (χ0) is 21.7. The van der Waals surface area contributed by atoms with E-state index in [1.165, 1.54) is 30.0 Å². The summed E-state index contributed by atoms with van der Waals surface area (Å²) in [4.78, 5) is 25.7. The van der Waals surface area contributed by atoms with Crippen molar-refractivity contribution in [3.05, 3.63) is 89.2 Å². The highest BCUT2D eigenvalue weighted by molar-refractivity contribution is 8.00. The van der Waals surface area contributed by atoms with Crippen LogP contribution in [0.2, 0.25) is 0 Å². The number of amides is 2. The fourth-order valence-electron chi connectivity index (χ4n) is 2.82. The SMILES string of the molecule is Cc1ccc(C)c(NC(=O)C(C)Sc2ccc(NC(=O)c3ccccc3F)cc2)c1. The van der Waals surface area contributed by atoms with Crippen LogP contribution in [0.3, 0.4) is 0 Å². The molecule has 4 nitrogen and oxygen atoms in total. The second kappa shape index (κ2) is 9.59. The Morgan fingerprint density at radius 1 is 0.933 bits per heavy atom. The van der Waals surface area contributed by atoms with E-state index in [1.807, 2.05) is 51.1 Å². The zero-order valence-electron chi connectivity index (χ0n) is 17.0. The number of nitrogens with one attached hydrogen (secondary N) is 2. The highest BCUT2D eigenvalue weighted by Gasteiger charge is 2.16. The molecule has 3 rings (SSSR count). The predicted octanol–water partition coefficient (Wildman–Crippen LogP) is 5.81. The lowest BCUT2D eigenvalue weighted by Crippen LogP contribution is -2.22. The van der Waals surface area contributed by atoms with Crippen molar-refractivity contribution in [1.82, 2.24) is 0 Å². The van der Waals surface area contributed by atoms with E-state index in [1.54, 1.807) is 18.2 Å². The van der Waals surface area contributed by atoms with Crippen molar-refractivity contribution >= 4 is 35.0 Å². The quantitative estimate of drug-likeness (QED) is 0.493. The van der Waals surface area contributed by atoms with E-state index >= 15 is 0 Å². The van der Waals surface area contributed by atoms with E-state index in [9.17, 15) is 14.0 Å². The predicted molar refractivity (Wildman–Crippen MR) is 121 cm³/mol. The Bertz CT molecular complexity index is 1070. The fourth-order valence-corrected chi connectivity index (χ4v) is 3.69. The third-order valence-corrected chi connectivity index (χ3v) is 5.68. The number of aryl methyl sites for hydroxylation is 2. The van der Waals surface area contributed by atoms with Crippen molar-refractivity contribution < 1.29 is 14.0 Å². The van der Waals surface area contributed by atoms with Crippen LogP contribution in [0.15, 0.2) is 71.6 Å². The van der Waals surface area contributed by atoms with Gasteiger partial charge in [-0.05, 0) is 74.4 Å². The van der Waals surface area contributed by atoms with Crippen LogP contribution in [0, 0.1) is 19.7 Å². The third kappa shape index (κ3) is 5.48. The molecule has 2 N–H and O–H groups in total. The lowest BCUT2D eigenvalue weighted by Gasteiger charge is -2.14. The van der Waals surface area contributed by atoms with Crippen molar-refractivity contribution in [2.24, 2.45) is 0 Å². The summed E-state index contributed by atoms with van der Waals surface area (Å²) in [6.07, 6.45) is 0. The van der Waals surface area contributed by atoms with E-state index in [0.29, 0.717) is 5.69 Å². The van der Waals surface area contributed by atoms with Gasteiger partial charge in [-0.3, -0.25) is 9.59 Å².